The lowest BCUT2D eigenvalue weighted by molar-refractivity contribution is 0.387. The fraction of sp³-hybridized carbons (Fsp3) is 0.524. The van der Waals surface area contributed by atoms with E-state index in [0.29, 0.717) is 23.9 Å². The van der Waals surface area contributed by atoms with Crippen LogP contribution in [-0.2, 0) is 0 Å². The van der Waals surface area contributed by atoms with Crippen molar-refractivity contribution in [3.8, 4) is 0 Å². The van der Waals surface area contributed by atoms with Gasteiger partial charge in [-0.1, -0.05) is 38.1 Å². The molecule has 0 unspecified atom stereocenters. The number of hydrogen-bond donors (Lipinski definition) is 1. The predicted octanol–water partition coefficient (Wildman–Crippen LogP) is 4.61. The van der Waals surface area contributed by atoms with Crippen LogP contribution in [0.5, 0.6) is 0 Å². The van der Waals surface area contributed by atoms with Crippen LogP contribution in [0.3, 0.4) is 0 Å². The van der Waals surface area contributed by atoms with Crippen molar-refractivity contribution < 1.29 is 0 Å². The molecule has 1 saturated carbocycles. The van der Waals surface area contributed by atoms with Crippen LogP contribution in [0.25, 0.3) is 0 Å². The molecule has 0 spiro atoms. The molecule has 1 aromatic heterocycles. The molecule has 6 rings (SSSR count). The zero-order valence-corrected chi connectivity index (χ0v) is 15.1. The van der Waals surface area contributed by atoms with Crippen molar-refractivity contribution in [3.05, 3.63) is 47.2 Å². The Hall–Kier alpha value is -2.10. The zero-order chi connectivity index (χ0) is 17.0. The van der Waals surface area contributed by atoms with E-state index in [9.17, 15) is 0 Å². The lowest BCUT2D eigenvalue weighted by Gasteiger charge is -2.47. The molecule has 4 heteroatoms. The molecule has 2 fully saturated rings. The summed E-state index contributed by atoms with van der Waals surface area (Å²) in [5.74, 6) is 2.97. The summed E-state index contributed by atoms with van der Waals surface area (Å²) in [7, 11) is 0. The Morgan fingerprint density at radius 3 is 2.60 bits per heavy atom. The van der Waals surface area contributed by atoms with Crippen LogP contribution in [-0.4, -0.2) is 22.6 Å². The average Bonchev–Trinajstić information content (AvgIpc) is 3.46. The first-order valence-corrected chi connectivity index (χ1v) is 9.70. The fourth-order valence-corrected chi connectivity index (χ4v) is 4.36. The van der Waals surface area contributed by atoms with Crippen LogP contribution in [0.4, 0.5) is 11.8 Å². The van der Waals surface area contributed by atoms with Gasteiger partial charge in [0.25, 0.3) is 0 Å². The van der Waals surface area contributed by atoms with Gasteiger partial charge >= 0.3 is 0 Å². The van der Waals surface area contributed by atoms with E-state index in [4.69, 9.17) is 9.97 Å². The molecule has 130 valence electrons. The first-order valence-electron chi connectivity index (χ1n) is 9.70. The molecule has 2 aliphatic heterocycles. The van der Waals surface area contributed by atoms with E-state index in [-0.39, 0.29) is 0 Å². The lowest BCUT2D eigenvalue weighted by atomic mass is 9.75. The van der Waals surface area contributed by atoms with Gasteiger partial charge in [-0.05, 0) is 42.7 Å². The second-order valence-electron chi connectivity index (χ2n) is 8.12. The summed E-state index contributed by atoms with van der Waals surface area (Å²) in [5.41, 5.74) is 4.21. The van der Waals surface area contributed by atoms with Crippen molar-refractivity contribution in [2.45, 2.75) is 63.5 Å². The van der Waals surface area contributed by atoms with E-state index in [1.807, 2.05) is 0 Å². The Morgan fingerprint density at radius 1 is 1.04 bits per heavy atom. The summed E-state index contributed by atoms with van der Waals surface area (Å²) in [6.07, 6.45) is 5.01. The monoisotopic (exact) mass is 334 g/mol. The van der Waals surface area contributed by atoms with Gasteiger partial charge < -0.3 is 10.2 Å². The van der Waals surface area contributed by atoms with Crippen LogP contribution < -0.4 is 10.2 Å². The summed E-state index contributed by atoms with van der Waals surface area (Å²) in [4.78, 5) is 12.2. The standard InChI is InChI=1S/C21H26N4/c1-13(2)18-11-20(24-21(23-18)22-15-8-9-15)25-12-14-7-10-19(25)17-6-4-3-5-16(14)17/h3-6,11,13-15,19H,7-10,12H2,1-2H3,(H,22,23,24)/t14-,19+/m1/s1. The van der Waals surface area contributed by atoms with Crippen LogP contribution in [0.2, 0.25) is 0 Å². The molecule has 0 amide bonds. The van der Waals surface area contributed by atoms with Gasteiger partial charge in [0.2, 0.25) is 5.95 Å². The van der Waals surface area contributed by atoms with E-state index < -0.39 is 0 Å². The Labute approximate surface area is 149 Å². The highest BCUT2D eigenvalue weighted by molar-refractivity contribution is 5.53. The molecular weight excluding hydrogens is 308 g/mol. The fourth-order valence-electron chi connectivity index (χ4n) is 4.36. The third kappa shape index (κ3) is 2.68. The van der Waals surface area contributed by atoms with Crippen LogP contribution in [0.1, 0.15) is 74.2 Å². The first kappa shape index (κ1) is 15.2. The van der Waals surface area contributed by atoms with E-state index in [2.05, 4.69) is 54.4 Å². The summed E-state index contributed by atoms with van der Waals surface area (Å²) in [5, 5.41) is 3.50. The molecular formula is C21H26N4. The Morgan fingerprint density at radius 2 is 1.84 bits per heavy atom. The third-order valence-electron chi connectivity index (χ3n) is 5.91. The molecule has 25 heavy (non-hydrogen) atoms. The molecule has 0 radical (unpaired) electrons. The topological polar surface area (TPSA) is 41.1 Å². The molecule has 1 saturated heterocycles. The lowest BCUT2D eigenvalue weighted by Crippen LogP contribution is -2.43. The molecule has 2 bridgehead atoms. The molecule has 1 aromatic carbocycles. The van der Waals surface area contributed by atoms with E-state index in [0.717, 1.165) is 24.0 Å². The Kier molecular flexibility index (Phi) is 3.47. The average molecular weight is 334 g/mol. The molecule has 4 aliphatic rings. The molecule has 3 heterocycles. The van der Waals surface area contributed by atoms with Gasteiger partial charge in [0.05, 0.1) is 11.7 Å². The van der Waals surface area contributed by atoms with Crippen molar-refractivity contribution in [1.82, 2.24) is 9.97 Å². The van der Waals surface area contributed by atoms with Crippen LogP contribution >= 0.6 is 0 Å². The summed E-state index contributed by atoms with van der Waals surface area (Å²) < 4.78 is 0. The molecule has 2 aromatic rings. The number of benzene rings is 1. The number of fused-ring (bicyclic) bond motifs is 2. The van der Waals surface area contributed by atoms with E-state index >= 15 is 0 Å². The Balaban J connectivity index is 1.54. The summed E-state index contributed by atoms with van der Waals surface area (Å²) in [6.45, 7) is 5.51. The number of piperidine rings is 1. The van der Waals surface area contributed by atoms with Crippen molar-refractivity contribution in [2.24, 2.45) is 0 Å². The number of rotatable bonds is 4. The third-order valence-corrected chi connectivity index (χ3v) is 5.91. The number of anilines is 2. The van der Waals surface area contributed by atoms with Gasteiger partial charge in [0.15, 0.2) is 0 Å². The van der Waals surface area contributed by atoms with E-state index in [1.54, 1.807) is 5.56 Å². The molecule has 1 N–H and O–H groups in total. The molecule has 4 nitrogen and oxygen atoms in total. The highest BCUT2D eigenvalue weighted by Gasteiger charge is 2.38. The van der Waals surface area contributed by atoms with Crippen molar-refractivity contribution in [3.63, 3.8) is 0 Å². The van der Waals surface area contributed by atoms with Gasteiger partial charge in [-0.15, -0.1) is 0 Å². The van der Waals surface area contributed by atoms with Crippen LogP contribution in [0.15, 0.2) is 30.3 Å². The zero-order valence-electron chi connectivity index (χ0n) is 15.1. The maximum Gasteiger partial charge on any atom is 0.225 e. The van der Waals surface area contributed by atoms with Crippen molar-refractivity contribution >= 4 is 11.8 Å². The van der Waals surface area contributed by atoms with E-state index in [1.165, 1.54) is 31.2 Å². The highest BCUT2D eigenvalue weighted by atomic mass is 15.3. The molecule has 2 atom stereocenters. The number of nitrogens with one attached hydrogen (secondary N) is 1. The number of nitrogens with zero attached hydrogens (tertiary/aromatic N) is 3. The van der Waals surface area contributed by atoms with Gasteiger partial charge in [0.1, 0.15) is 5.82 Å². The Bertz CT molecular complexity index is 796. The van der Waals surface area contributed by atoms with Gasteiger partial charge in [-0.2, -0.15) is 4.98 Å². The highest BCUT2D eigenvalue weighted by Crippen LogP contribution is 2.48. The predicted molar refractivity (Wildman–Crippen MR) is 101 cm³/mol. The largest absolute Gasteiger partial charge is 0.351 e. The molecule has 2 aliphatic carbocycles. The SMILES string of the molecule is CC(C)c1cc(N2C[C@H]3CC[C@H]2c2ccccc23)nc(NC2CC2)n1. The van der Waals surface area contributed by atoms with Gasteiger partial charge in [-0.25, -0.2) is 4.98 Å². The second-order valence-corrected chi connectivity index (χ2v) is 8.12. The maximum absolute atomic E-state index is 4.92. The van der Waals surface area contributed by atoms with Crippen molar-refractivity contribution in [2.75, 3.05) is 16.8 Å². The maximum atomic E-state index is 4.92. The van der Waals surface area contributed by atoms with Crippen LogP contribution in [0, 0.1) is 0 Å². The van der Waals surface area contributed by atoms with Crippen molar-refractivity contribution in [1.29, 1.82) is 0 Å². The number of hydrogen-bond acceptors (Lipinski definition) is 4. The van der Waals surface area contributed by atoms with Gasteiger partial charge in [-0.3, -0.25) is 0 Å². The quantitative estimate of drug-likeness (QED) is 0.886. The minimum atomic E-state index is 0.413. The van der Waals surface area contributed by atoms with Gasteiger partial charge in [0, 0.05) is 24.6 Å². The minimum absolute atomic E-state index is 0.413. The summed E-state index contributed by atoms with van der Waals surface area (Å²) >= 11 is 0. The minimum Gasteiger partial charge on any atom is -0.351 e. The second kappa shape index (κ2) is 5.72. The summed E-state index contributed by atoms with van der Waals surface area (Å²) in [6, 6.07) is 12.3. The first-order chi connectivity index (χ1) is 12.2. The normalized spacial score (nSPS) is 24.5. The number of aromatic nitrogens is 2. The smallest absolute Gasteiger partial charge is 0.225 e.